The summed E-state index contributed by atoms with van der Waals surface area (Å²) in [4.78, 5) is 15.3. The van der Waals surface area contributed by atoms with E-state index < -0.39 is 0 Å². The Balaban J connectivity index is 1.32. The molecule has 9 rings (SSSR count). The fourth-order valence-electron chi connectivity index (χ4n) is 6.59. The SMILES string of the molecule is c1ccc(-c2cccc(-c3cccc4c3sc3c(-c5ccccc5)ccc(-c5nc(-c6ccccc6)nc(-c6ccccc6)n5)c34)c2)cc1. The van der Waals surface area contributed by atoms with Crippen molar-refractivity contribution in [2.75, 3.05) is 0 Å². The van der Waals surface area contributed by atoms with Crippen molar-refractivity contribution in [1.29, 1.82) is 0 Å². The van der Waals surface area contributed by atoms with E-state index in [2.05, 4.69) is 140 Å². The van der Waals surface area contributed by atoms with E-state index in [0.29, 0.717) is 17.5 Å². The third kappa shape index (κ3) is 5.38. The Labute approximate surface area is 288 Å². The fraction of sp³-hybridized carbons (Fsp3) is 0. The normalized spacial score (nSPS) is 11.3. The van der Waals surface area contributed by atoms with E-state index in [0.717, 1.165) is 22.1 Å². The molecule has 9 aromatic rings. The molecule has 7 aromatic carbocycles. The molecule has 0 radical (unpaired) electrons. The first-order valence-electron chi connectivity index (χ1n) is 16.4. The zero-order chi connectivity index (χ0) is 32.6. The van der Waals surface area contributed by atoms with Gasteiger partial charge in [-0.25, -0.2) is 15.0 Å². The lowest BCUT2D eigenvalue weighted by atomic mass is 9.95. The third-order valence-corrected chi connectivity index (χ3v) is 10.2. The monoisotopic (exact) mass is 643 g/mol. The summed E-state index contributed by atoms with van der Waals surface area (Å²) < 4.78 is 2.46. The molecule has 0 unspecified atom stereocenters. The molecule has 0 saturated heterocycles. The van der Waals surface area contributed by atoms with Crippen molar-refractivity contribution in [2.24, 2.45) is 0 Å². The van der Waals surface area contributed by atoms with Gasteiger partial charge in [0.15, 0.2) is 17.5 Å². The Morgan fingerprint density at radius 1 is 0.306 bits per heavy atom. The summed E-state index contributed by atoms with van der Waals surface area (Å²) in [5, 5.41) is 2.35. The summed E-state index contributed by atoms with van der Waals surface area (Å²) in [6.07, 6.45) is 0. The second kappa shape index (κ2) is 12.4. The molecule has 2 aromatic heterocycles. The van der Waals surface area contributed by atoms with Crippen LogP contribution in [-0.2, 0) is 0 Å². The van der Waals surface area contributed by atoms with Gasteiger partial charge in [-0.1, -0.05) is 164 Å². The van der Waals surface area contributed by atoms with E-state index in [1.807, 2.05) is 47.7 Å². The van der Waals surface area contributed by atoms with Gasteiger partial charge in [0.05, 0.1) is 0 Å². The lowest BCUT2D eigenvalue weighted by Crippen LogP contribution is -2.00. The molecule has 3 nitrogen and oxygen atoms in total. The molecular formula is C45H29N3S. The van der Waals surface area contributed by atoms with E-state index in [4.69, 9.17) is 15.0 Å². The molecule has 230 valence electrons. The highest BCUT2D eigenvalue weighted by Crippen LogP contribution is 2.47. The van der Waals surface area contributed by atoms with E-state index in [1.54, 1.807) is 0 Å². The Bertz CT molecular complexity index is 2520. The molecule has 0 atom stereocenters. The molecule has 0 bridgehead atoms. The number of fused-ring (bicyclic) bond motifs is 3. The van der Waals surface area contributed by atoms with Gasteiger partial charge in [0.25, 0.3) is 0 Å². The van der Waals surface area contributed by atoms with Crippen molar-refractivity contribution in [3.8, 4) is 67.5 Å². The maximum absolute atomic E-state index is 5.15. The number of hydrogen-bond acceptors (Lipinski definition) is 4. The van der Waals surface area contributed by atoms with Gasteiger partial charge in [0.1, 0.15) is 0 Å². The number of aromatic nitrogens is 3. The molecule has 0 fully saturated rings. The Hall–Kier alpha value is -6.23. The van der Waals surface area contributed by atoms with Gasteiger partial charge in [-0.05, 0) is 45.5 Å². The van der Waals surface area contributed by atoms with Crippen LogP contribution in [0.3, 0.4) is 0 Å². The van der Waals surface area contributed by atoms with Crippen LogP contribution in [0.2, 0.25) is 0 Å². The second-order valence-corrected chi connectivity index (χ2v) is 13.0. The van der Waals surface area contributed by atoms with Gasteiger partial charge in [-0.3, -0.25) is 0 Å². The van der Waals surface area contributed by atoms with Crippen LogP contribution in [0.1, 0.15) is 0 Å². The van der Waals surface area contributed by atoms with E-state index >= 15 is 0 Å². The average molecular weight is 644 g/mol. The molecule has 0 aliphatic rings. The molecule has 0 amide bonds. The van der Waals surface area contributed by atoms with Crippen molar-refractivity contribution in [1.82, 2.24) is 15.0 Å². The smallest absolute Gasteiger partial charge is 0.164 e. The predicted molar refractivity (Wildman–Crippen MR) is 205 cm³/mol. The molecule has 0 spiro atoms. The molecule has 0 N–H and O–H groups in total. The van der Waals surface area contributed by atoms with Crippen LogP contribution in [0, 0.1) is 0 Å². The number of nitrogens with zero attached hydrogens (tertiary/aromatic N) is 3. The first-order chi connectivity index (χ1) is 24.3. The highest BCUT2D eigenvalue weighted by molar-refractivity contribution is 7.27. The lowest BCUT2D eigenvalue weighted by molar-refractivity contribution is 1.08. The van der Waals surface area contributed by atoms with E-state index in [-0.39, 0.29) is 0 Å². The van der Waals surface area contributed by atoms with Gasteiger partial charge < -0.3 is 0 Å². The number of thiophene rings is 1. The Morgan fingerprint density at radius 2 is 0.776 bits per heavy atom. The van der Waals surface area contributed by atoms with Crippen LogP contribution in [0.25, 0.3) is 87.7 Å². The van der Waals surface area contributed by atoms with Crippen molar-refractivity contribution >= 4 is 31.5 Å². The van der Waals surface area contributed by atoms with Gasteiger partial charge >= 0.3 is 0 Å². The van der Waals surface area contributed by atoms with Crippen molar-refractivity contribution < 1.29 is 0 Å². The molecule has 2 heterocycles. The topological polar surface area (TPSA) is 38.7 Å². The minimum Gasteiger partial charge on any atom is -0.208 e. The highest BCUT2D eigenvalue weighted by Gasteiger charge is 2.21. The summed E-state index contributed by atoms with van der Waals surface area (Å²) in [6, 6.07) is 61.5. The van der Waals surface area contributed by atoms with E-state index in [1.165, 1.54) is 48.2 Å². The molecule has 0 aliphatic carbocycles. The maximum Gasteiger partial charge on any atom is 0.164 e. The summed E-state index contributed by atoms with van der Waals surface area (Å²) in [7, 11) is 0. The van der Waals surface area contributed by atoms with Crippen LogP contribution in [-0.4, -0.2) is 15.0 Å². The standard InChI is InChI=1S/C45H29N3S/c1-5-15-30(16-6-1)34-23-13-24-35(29-34)36-25-14-26-38-40-39(28-27-37(42(40)49-41(36)38)31-17-7-2-8-18-31)45-47-43(32-19-9-3-10-20-32)46-44(48-45)33-21-11-4-12-22-33/h1-29H. The van der Waals surface area contributed by atoms with Gasteiger partial charge in [0.2, 0.25) is 0 Å². The van der Waals surface area contributed by atoms with Crippen LogP contribution in [0.15, 0.2) is 176 Å². The number of rotatable bonds is 6. The largest absolute Gasteiger partial charge is 0.208 e. The van der Waals surface area contributed by atoms with Crippen LogP contribution in [0.4, 0.5) is 0 Å². The summed E-state index contributed by atoms with van der Waals surface area (Å²) in [5.41, 5.74) is 10.1. The van der Waals surface area contributed by atoms with Crippen LogP contribution < -0.4 is 0 Å². The lowest BCUT2D eigenvalue weighted by Gasteiger charge is -2.11. The third-order valence-electron chi connectivity index (χ3n) is 8.95. The van der Waals surface area contributed by atoms with Gasteiger partial charge in [-0.15, -0.1) is 11.3 Å². The zero-order valence-electron chi connectivity index (χ0n) is 26.5. The average Bonchev–Trinajstić information content (AvgIpc) is 3.59. The van der Waals surface area contributed by atoms with Crippen LogP contribution >= 0.6 is 11.3 Å². The van der Waals surface area contributed by atoms with Gasteiger partial charge in [-0.2, -0.15) is 0 Å². The quantitative estimate of drug-likeness (QED) is 0.181. The molecule has 49 heavy (non-hydrogen) atoms. The van der Waals surface area contributed by atoms with Crippen molar-refractivity contribution in [3.63, 3.8) is 0 Å². The van der Waals surface area contributed by atoms with E-state index in [9.17, 15) is 0 Å². The van der Waals surface area contributed by atoms with Gasteiger partial charge in [0, 0.05) is 36.9 Å². The predicted octanol–water partition coefficient (Wildman–Crippen LogP) is 12.2. The Kier molecular flexibility index (Phi) is 7.34. The molecule has 0 aliphatic heterocycles. The fourth-order valence-corrected chi connectivity index (χ4v) is 7.98. The second-order valence-electron chi connectivity index (χ2n) is 12.0. The minimum atomic E-state index is 0.655. The summed E-state index contributed by atoms with van der Waals surface area (Å²) >= 11 is 1.85. The summed E-state index contributed by atoms with van der Waals surface area (Å²) in [6.45, 7) is 0. The minimum absolute atomic E-state index is 0.655. The van der Waals surface area contributed by atoms with Crippen molar-refractivity contribution in [3.05, 3.63) is 176 Å². The highest BCUT2D eigenvalue weighted by atomic mass is 32.1. The number of benzene rings is 7. The zero-order valence-corrected chi connectivity index (χ0v) is 27.3. The maximum atomic E-state index is 5.15. The number of hydrogen-bond donors (Lipinski definition) is 0. The molecule has 0 saturated carbocycles. The molecular weight excluding hydrogens is 615 g/mol. The summed E-state index contributed by atoms with van der Waals surface area (Å²) in [5.74, 6) is 1.97. The first kappa shape index (κ1) is 29.0. The van der Waals surface area contributed by atoms with Crippen molar-refractivity contribution in [2.45, 2.75) is 0 Å². The van der Waals surface area contributed by atoms with Crippen LogP contribution in [0.5, 0.6) is 0 Å². The Morgan fingerprint density at radius 3 is 1.41 bits per heavy atom. The first-order valence-corrected chi connectivity index (χ1v) is 17.2. The molecule has 4 heteroatoms.